The first-order valence-electron chi connectivity index (χ1n) is 46.8. The van der Waals surface area contributed by atoms with E-state index in [1.54, 1.807) is 84.9 Å². The van der Waals surface area contributed by atoms with E-state index in [-0.39, 0.29) is 111 Å². The topological polar surface area (TPSA) is 259 Å². The van der Waals surface area contributed by atoms with Crippen LogP contribution in [0.5, 0.6) is 0 Å². The SMILES string of the molecule is N#Cc1cc(C#N)cc(-c2ccccc2-c2nc3ccc(-c4cccc(-c5nc6c(cc(C#N)c7c8ccccc8nc(-c8ccccc8-c8c(F)c(F)c(C#N)c(F)c8F)c67)nc5-c5ccccc5)c4)cc3c3c(C#N)cc4nc(-c5ccccc5)c(-c5ccc(-c6ccc7c(c6)nc(-c6ccccc6-c6cc(C(F)(F)F)cc(C(F)(F)F)c6)c6c8nc(-c9ccccc9)c(-c9ccccc9)nc8cc(C#N)c76)cc5)nc4c23)c1. The lowest BCUT2D eigenvalue weighted by Gasteiger charge is -2.19. The van der Waals surface area contributed by atoms with Crippen molar-refractivity contribution in [2.45, 2.75) is 12.4 Å². The predicted molar refractivity (Wildman–Crippen MR) is 558 cm³/mol. The van der Waals surface area contributed by atoms with Crippen LogP contribution in [0.1, 0.15) is 44.5 Å². The fourth-order valence-electron chi connectivity index (χ4n) is 20.3. The molecule has 6 aromatic heterocycles. The summed E-state index contributed by atoms with van der Waals surface area (Å²) in [6.07, 6.45) is -10.4. The quantitative estimate of drug-likeness (QED) is 0.0557. The minimum Gasteiger partial charge on any atom is -0.247 e. The van der Waals surface area contributed by atoms with Gasteiger partial charge in [0, 0.05) is 98.5 Å². The molecule has 15 nitrogen and oxygen atoms in total. The van der Waals surface area contributed by atoms with E-state index in [0.717, 1.165) is 0 Å². The fraction of sp³-hybridized carbons (Fsp3) is 0.0160. The zero-order valence-corrected chi connectivity index (χ0v) is 77.6. The first kappa shape index (κ1) is 91.7. The molecule has 0 N–H and O–H groups in total. The number of nitriles is 6. The van der Waals surface area contributed by atoms with Gasteiger partial charge in [-0.1, -0.05) is 273 Å². The van der Waals surface area contributed by atoms with Crippen molar-refractivity contribution >= 4 is 98.1 Å². The monoisotopic (exact) mass is 1960 g/mol. The maximum Gasteiger partial charge on any atom is 0.416 e. The van der Waals surface area contributed by atoms with Crippen LogP contribution in [-0.4, -0.2) is 44.9 Å². The van der Waals surface area contributed by atoms with E-state index >= 15 is 17.6 Å². The molecule has 18 aromatic carbocycles. The average molecular weight is 1960 g/mol. The number of rotatable bonds is 14. The molecule has 0 amide bonds. The van der Waals surface area contributed by atoms with Crippen LogP contribution in [0, 0.1) is 91.3 Å². The van der Waals surface area contributed by atoms with Gasteiger partial charge in [0.2, 0.25) is 0 Å². The molecule has 0 aliphatic carbocycles. The number of hydrogen-bond acceptors (Lipinski definition) is 15. The van der Waals surface area contributed by atoms with Crippen molar-refractivity contribution in [1.29, 1.82) is 31.6 Å². The van der Waals surface area contributed by atoms with Crippen LogP contribution in [0.2, 0.25) is 0 Å². The minimum atomic E-state index is -5.21. The van der Waals surface area contributed by atoms with Gasteiger partial charge in [0.1, 0.15) is 11.6 Å². The highest BCUT2D eigenvalue weighted by Gasteiger charge is 2.39. The van der Waals surface area contributed by atoms with E-state index in [1.807, 2.05) is 218 Å². The molecule has 0 atom stereocenters. The van der Waals surface area contributed by atoms with Gasteiger partial charge in [0.05, 0.1) is 176 Å². The molecule has 0 radical (unpaired) electrons. The Kier molecular flexibility index (Phi) is 22.2. The number of pyridine rings is 3. The van der Waals surface area contributed by atoms with E-state index in [1.165, 1.54) is 42.5 Å². The number of halogens is 10. The third-order valence-electron chi connectivity index (χ3n) is 27.1. The number of para-hydroxylation sites is 1. The molecule has 24 rings (SSSR count). The summed E-state index contributed by atoms with van der Waals surface area (Å²) in [6, 6.07) is 113. The normalized spacial score (nSPS) is 11.6. The Hall–Kier alpha value is -20.8. The standard InChI is InChI=1S/C125H59F10N15/c126-108-94(65-141)109(127)111(129)104(110(108)128)87-34-15-18-37-90(87)120-105-101(91-38-19-20-39-95(91)142-120)80(62-138)56-99-122(105)150-117(114(147-99)71-26-9-3-10-27-71)77-31-21-30-74(51-77)75-45-47-96-93(54-75)103-82(64-140)58-100-123(107(103)118(143-96)88-35-16-13-32-85(88)78-49-66(60-136)48-67(50-78)61-137)149-116(113(146-100)70-24-7-2-8-25-70)73-42-40-68(41-43-73)76-44-46-92-97(55-76)144-119(89-36-17-14-33-86(89)79-52-83(124(130,131)132)59-84(53-79)125(133,134)135)106-102(92)81(63-139)57-98-121(106)148-115(72-28-11-4-12-29-72)112(145-98)69-22-5-1-6-23-69/h1-59H. The molecule has 0 unspecified atom stereocenters. The maximum absolute atomic E-state index is 16.6. The van der Waals surface area contributed by atoms with Crippen LogP contribution in [-0.2, 0) is 12.4 Å². The second-order valence-electron chi connectivity index (χ2n) is 35.8. The third-order valence-corrected chi connectivity index (χ3v) is 27.1. The van der Waals surface area contributed by atoms with Gasteiger partial charge < -0.3 is 0 Å². The smallest absolute Gasteiger partial charge is 0.247 e. The van der Waals surface area contributed by atoms with Gasteiger partial charge in [0.15, 0.2) is 23.3 Å². The number of benzene rings is 18. The highest BCUT2D eigenvalue weighted by molar-refractivity contribution is 6.27. The summed E-state index contributed by atoms with van der Waals surface area (Å²) in [5, 5.41) is 68.7. The summed E-state index contributed by atoms with van der Waals surface area (Å²) in [5.41, 5.74) is 7.36. The zero-order valence-electron chi connectivity index (χ0n) is 77.6. The van der Waals surface area contributed by atoms with Crippen molar-refractivity contribution in [2.75, 3.05) is 0 Å². The number of aromatic nitrogens is 9. The first-order chi connectivity index (χ1) is 73.0. The average Bonchev–Trinajstić information content (AvgIpc) is 0.722. The number of hydrogen-bond donors (Lipinski definition) is 0. The molecule has 704 valence electrons. The summed E-state index contributed by atoms with van der Waals surface area (Å²) in [7, 11) is 0. The Morgan fingerprint density at radius 3 is 0.967 bits per heavy atom. The first-order valence-corrected chi connectivity index (χ1v) is 46.8. The van der Waals surface area contributed by atoms with E-state index in [9.17, 15) is 57.9 Å². The Morgan fingerprint density at radius 1 is 0.193 bits per heavy atom. The van der Waals surface area contributed by atoms with Crippen molar-refractivity contribution in [3.63, 3.8) is 0 Å². The Morgan fingerprint density at radius 2 is 0.520 bits per heavy atom. The van der Waals surface area contributed by atoms with Crippen LogP contribution in [0.3, 0.4) is 0 Å². The van der Waals surface area contributed by atoms with Gasteiger partial charge >= 0.3 is 12.4 Å². The molecule has 0 bridgehead atoms. The molecule has 150 heavy (non-hydrogen) atoms. The van der Waals surface area contributed by atoms with Crippen LogP contribution in [0.4, 0.5) is 43.9 Å². The Bertz CT molecular complexity index is 10200. The molecule has 0 aliphatic heterocycles. The van der Waals surface area contributed by atoms with Gasteiger partial charge in [-0.05, 0) is 135 Å². The van der Waals surface area contributed by atoms with Gasteiger partial charge in [-0.3, -0.25) is 0 Å². The third kappa shape index (κ3) is 15.5. The summed E-state index contributed by atoms with van der Waals surface area (Å²) >= 11 is 0. The summed E-state index contributed by atoms with van der Waals surface area (Å²) in [5.74, 6) is -7.45. The van der Waals surface area contributed by atoms with Gasteiger partial charge in [-0.25, -0.2) is 62.4 Å². The summed E-state index contributed by atoms with van der Waals surface area (Å²) in [6.45, 7) is 0. The van der Waals surface area contributed by atoms with Crippen LogP contribution < -0.4 is 0 Å². The fourth-order valence-corrected chi connectivity index (χ4v) is 20.3. The van der Waals surface area contributed by atoms with Crippen molar-refractivity contribution in [2.24, 2.45) is 0 Å². The lowest BCUT2D eigenvalue weighted by atomic mass is 9.89. The van der Waals surface area contributed by atoms with E-state index < -0.39 is 63.4 Å². The van der Waals surface area contributed by atoms with Crippen molar-refractivity contribution < 1.29 is 43.9 Å². The van der Waals surface area contributed by atoms with Crippen LogP contribution in [0.25, 0.3) is 255 Å². The zero-order chi connectivity index (χ0) is 103. The number of alkyl halides is 6. The predicted octanol–water partition coefficient (Wildman–Crippen LogP) is 31.8. The van der Waals surface area contributed by atoms with Gasteiger partial charge in [0.25, 0.3) is 0 Å². The lowest BCUT2D eigenvalue weighted by Crippen LogP contribution is -2.11. The van der Waals surface area contributed by atoms with E-state index in [4.69, 9.17) is 44.9 Å². The highest BCUT2D eigenvalue weighted by atomic mass is 19.4. The maximum atomic E-state index is 16.6. The van der Waals surface area contributed by atoms with Gasteiger partial charge in [-0.15, -0.1) is 0 Å². The number of fused-ring (bicyclic) bond motifs is 15. The van der Waals surface area contributed by atoms with Crippen molar-refractivity contribution in [1.82, 2.24) is 44.9 Å². The molecule has 25 heteroatoms. The molecular formula is C125H59F10N15. The van der Waals surface area contributed by atoms with Gasteiger partial charge in [-0.2, -0.15) is 57.9 Å². The molecule has 0 aliphatic rings. The van der Waals surface area contributed by atoms with Crippen LogP contribution >= 0.6 is 0 Å². The Labute approximate surface area is 844 Å². The second kappa shape index (κ2) is 36.3. The molecule has 0 saturated heterocycles. The summed E-state index contributed by atoms with van der Waals surface area (Å²) < 4.78 is 155. The number of nitrogens with zero attached hydrogens (tertiary/aromatic N) is 15. The molecule has 6 heterocycles. The van der Waals surface area contributed by atoms with Crippen molar-refractivity contribution in [3.8, 4) is 193 Å². The Balaban J connectivity index is 0.703. The largest absolute Gasteiger partial charge is 0.416 e. The van der Waals surface area contributed by atoms with E-state index in [0.29, 0.717) is 179 Å². The lowest BCUT2D eigenvalue weighted by molar-refractivity contribution is -0.143. The van der Waals surface area contributed by atoms with E-state index in [2.05, 4.69) is 30.3 Å². The minimum absolute atomic E-state index is 0.00885. The van der Waals surface area contributed by atoms with Crippen molar-refractivity contribution in [3.05, 3.63) is 426 Å². The molecule has 0 saturated carbocycles. The molecular weight excluding hydrogens is 1900 g/mol. The molecule has 0 spiro atoms. The molecule has 0 fully saturated rings. The second-order valence-corrected chi connectivity index (χ2v) is 35.8. The highest BCUT2D eigenvalue weighted by Crippen LogP contribution is 2.52. The van der Waals surface area contributed by atoms with Crippen LogP contribution in [0.15, 0.2) is 358 Å². The molecule has 24 aromatic rings. The summed E-state index contributed by atoms with van der Waals surface area (Å²) in [4.78, 5) is 49.0.